The lowest BCUT2D eigenvalue weighted by atomic mass is 10.0. The van der Waals surface area contributed by atoms with Crippen molar-refractivity contribution in [2.75, 3.05) is 19.0 Å². The third-order valence-electron chi connectivity index (χ3n) is 3.78. The Hall–Kier alpha value is -2.00. The Morgan fingerprint density at radius 2 is 1.52 bits per heavy atom. The molecule has 0 aliphatic rings. The number of anilines is 1. The van der Waals surface area contributed by atoms with E-state index in [0.717, 1.165) is 5.56 Å². The average molecular weight is 284 g/mol. The van der Waals surface area contributed by atoms with Crippen molar-refractivity contribution in [3.63, 3.8) is 0 Å². The molecule has 2 atom stereocenters. The molecule has 112 valence electrons. The van der Waals surface area contributed by atoms with Gasteiger partial charge in [-0.1, -0.05) is 24.3 Å². The van der Waals surface area contributed by atoms with Gasteiger partial charge in [0.1, 0.15) is 5.75 Å². The van der Waals surface area contributed by atoms with Gasteiger partial charge in [0.25, 0.3) is 0 Å². The summed E-state index contributed by atoms with van der Waals surface area (Å²) in [6.07, 6.45) is 0. The van der Waals surface area contributed by atoms with Crippen molar-refractivity contribution in [1.82, 2.24) is 5.32 Å². The Balaban J connectivity index is 2.05. The third kappa shape index (κ3) is 3.99. The molecule has 0 saturated heterocycles. The molecule has 0 saturated carbocycles. The summed E-state index contributed by atoms with van der Waals surface area (Å²) in [4.78, 5) is 2.09. The van der Waals surface area contributed by atoms with Crippen molar-refractivity contribution in [1.29, 1.82) is 0 Å². The van der Waals surface area contributed by atoms with Crippen molar-refractivity contribution >= 4 is 5.69 Å². The lowest BCUT2D eigenvalue weighted by Gasteiger charge is -2.22. The van der Waals surface area contributed by atoms with Crippen molar-refractivity contribution < 1.29 is 5.11 Å². The van der Waals surface area contributed by atoms with Crippen LogP contribution in [0.4, 0.5) is 5.69 Å². The summed E-state index contributed by atoms with van der Waals surface area (Å²) in [5.74, 6) is 0.309. The summed E-state index contributed by atoms with van der Waals surface area (Å²) in [5.41, 5.74) is 3.55. The van der Waals surface area contributed by atoms with Crippen LogP contribution in [0.15, 0.2) is 48.5 Å². The van der Waals surface area contributed by atoms with Gasteiger partial charge in [-0.25, -0.2) is 0 Å². The Labute approximate surface area is 127 Å². The number of hydrogen-bond donors (Lipinski definition) is 2. The number of nitrogens with zero attached hydrogens (tertiary/aromatic N) is 1. The maximum absolute atomic E-state index is 9.56. The summed E-state index contributed by atoms with van der Waals surface area (Å²) in [6, 6.07) is 16.4. The van der Waals surface area contributed by atoms with E-state index in [1.54, 1.807) is 12.1 Å². The highest BCUT2D eigenvalue weighted by atomic mass is 16.3. The second-order valence-corrected chi connectivity index (χ2v) is 5.69. The van der Waals surface area contributed by atoms with Crippen LogP contribution in [0.2, 0.25) is 0 Å². The van der Waals surface area contributed by atoms with Gasteiger partial charge in [0.15, 0.2) is 0 Å². The lowest BCUT2D eigenvalue weighted by molar-refractivity contribution is 0.466. The van der Waals surface area contributed by atoms with Crippen LogP contribution in [0, 0.1) is 0 Å². The molecule has 0 bridgehead atoms. The number of hydrogen-bond acceptors (Lipinski definition) is 3. The fourth-order valence-corrected chi connectivity index (χ4v) is 2.42. The zero-order valence-corrected chi connectivity index (χ0v) is 13.2. The van der Waals surface area contributed by atoms with Gasteiger partial charge in [-0.2, -0.15) is 0 Å². The molecule has 3 nitrogen and oxygen atoms in total. The first-order valence-corrected chi connectivity index (χ1v) is 7.29. The van der Waals surface area contributed by atoms with E-state index in [1.807, 2.05) is 26.2 Å². The van der Waals surface area contributed by atoms with E-state index in [9.17, 15) is 5.11 Å². The molecular weight excluding hydrogens is 260 g/mol. The van der Waals surface area contributed by atoms with Crippen molar-refractivity contribution in [2.24, 2.45) is 0 Å². The van der Waals surface area contributed by atoms with Gasteiger partial charge in [-0.15, -0.1) is 0 Å². The first kappa shape index (κ1) is 15.4. The molecule has 2 rings (SSSR count). The van der Waals surface area contributed by atoms with E-state index in [0.29, 0.717) is 5.75 Å². The zero-order valence-electron chi connectivity index (χ0n) is 13.2. The van der Waals surface area contributed by atoms with Gasteiger partial charge in [0.2, 0.25) is 0 Å². The molecule has 2 aromatic carbocycles. The third-order valence-corrected chi connectivity index (χ3v) is 3.78. The number of aromatic hydroxyl groups is 1. The summed E-state index contributed by atoms with van der Waals surface area (Å²) in [5, 5.41) is 13.1. The van der Waals surface area contributed by atoms with Crippen LogP contribution in [-0.4, -0.2) is 19.2 Å². The van der Waals surface area contributed by atoms with Gasteiger partial charge < -0.3 is 15.3 Å². The van der Waals surface area contributed by atoms with Crippen LogP contribution in [0.5, 0.6) is 5.75 Å². The minimum atomic E-state index is 0.181. The summed E-state index contributed by atoms with van der Waals surface area (Å²) in [6.45, 7) is 4.27. The molecule has 0 fully saturated rings. The second-order valence-electron chi connectivity index (χ2n) is 5.69. The van der Waals surface area contributed by atoms with Crippen LogP contribution in [0.3, 0.4) is 0 Å². The normalized spacial score (nSPS) is 13.7. The summed E-state index contributed by atoms with van der Waals surface area (Å²) >= 11 is 0. The first-order valence-electron chi connectivity index (χ1n) is 7.29. The van der Waals surface area contributed by atoms with Crippen LogP contribution in [-0.2, 0) is 0 Å². The lowest BCUT2D eigenvalue weighted by Crippen LogP contribution is -2.22. The Kier molecular flexibility index (Phi) is 4.86. The van der Waals surface area contributed by atoms with E-state index >= 15 is 0 Å². The molecule has 0 aromatic heterocycles. The maximum Gasteiger partial charge on any atom is 0.115 e. The van der Waals surface area contributed by atoms with Crippen molar-refractivity contribution in [2.45, 2.75) is 25.9 Å². The van der Waals surface area contributed by atoms with Crippen LogP contribution >= 0.6 is 0 Å². The number of phenols is 1. The topological polar surface area (TPSA) is 35.5 Å². The van der Waals surface area contributed by atoms with E-state index in [4.69, 9.17) is 0 Å². The quantitative estimate of drug-likeness (QED) is 0.875. The monoisotopic (exact) mass is 284 g/mol. The molecule has 0 spiro atoms. The van der Waals surface area contributed by atoms with E-state index in [1.165, 1.54) is 11.3 Å². The minimum absolute atomic E-state index is 0.181. The molecule has 3 heteroatoms. The highest BCUT2D eigenvalue weighted by molar-refractivity contribution is 5.46. The standard InChI is InChI=1S/C18H24N2O/c1-13(15-8-10-17(11-9-15)20(3)4)19-14(2)16-6-5-7-18(21)12-16/h5-14,19,21H,1-4H3. The first-order chi connectivity index (χ1) is 9.97. The van der Waals surface area contributed by atoms with E-state index in [2.05, 4.69) is 48.3 Å². The maximum atomic E-state index is 9.56. The second kappa shape index (κ2) is 6.64. The van der Waals surface area contributed by atoms with Gasteiger partial charge in [0, 0.05) is 31.9 Å². The molecule has 0 aliphatic carbocycles. The molecule has 0 amide bonds. The smallest absolute Gasteiger partial charge is 0.115 e. The number of phenolic OH excluding ortho intramolecular Hbond substituents is 1. The molecule has 2 N–H and O–H groups in total. The highest BCUT2D eigenvalue weighted by Gasteiger charge is 2.11. The summed E-state index contributed by atoms with van der Waals surface area (Å²) in [7, 11) is 4.08. The molecule has 0 radical (unpaired) electrons. The average Bonchev–Trinajstić information content (AvgIpc) is 2.47. The number of benzene rings is 2. The largest absolute Gasteiger partial charge is 0.508 e. The van der Waals surface area contributed by atoms with E-state index < -0.39 is 0 Å². The van der Waals surface area contributed by atoms with Gasteiger partial charge >= 0.3 is 0 Å². The fourth-order valence-electron chi connectivity index (χ4n) is 2.42. The van der Waals surface area contributed by atoms with Crippen molar-refractivity contribution in [3.8, 4) is 5.75 Å². The zero-order chi connectivity index (χ0) is 15.4. The fraction of sp³-hybridized carbons (Fsp3) is 0.333. The van der Waals surface area contributed by atoms with Gasteiger partial charge in [-0.05, 0) is 49.2 Å². The van der Waals surface area contributed by atoms with E-state index in [-0.39, 0.29) is 12.1 Å². The van der Waals surface area contributed by atoms with Gasteiger partial charge in [0.05, 0.1) is 0 Å². The minimum Gasteiger partial charge on any atom is -0.508 e. The number of nitrogens with one attached hydrogen (secondary N) is 1. The predicted molar refractivity (Wildman–Crippen MR) is 88.8 cm³/mol. The SMILES string of the molecule is CC(NC(C)c1cccc(O)c1)c1ccc(N(C)C)cc1. The summed E-state index contributed by atoms with van der Waals surface area (Å²) < 4.78 is 0. The number of rotatable bonds is 5. The molecule has 0 aliphatic heterocycles. The molecule has 21 heavy (non-hydrogen) atoms. The van der Waals surface area contributed by atoms with Gasteiger partial charge in [-0.3, -0.25) is 0 Å². The molecule has 2 unspecified atom stereocenters. The van der Waals surface area contributed by atoms with Crippen LogP contribution in [0.1, 0.15) is 37.1 Å². The Morgan fingerprint density at radius 3 is 2.10 bits per heavy atom. The van der Waals surface area contributed by atoms with Crippen LogP contribution < -0.4 is 10.2 Å². The predicted octanol–water partition coefficient (Wildman–Crippen LogP) is 3.87. The Morgan fingerprint density at radius 1 is 0.905 bits per heavy atom. The van der Waals surface area contributed by atoms with Crippen LogP contribution in [0.25, 0.3) is 0 Å². The Bertz CT molecular complexity index is 578. The molecule has 2 aromatic rings. The molecular formula is C18H24N2O. The molecule has 0 heterocycles. The van der Waals surface area contributed by atoms with Crippen molar-refractivity contribution in [3.05, 3.63) is 59.7 Å². The highest BCUT2D eigenvalue weighted by Crippen LogP contribution is 2.23.